The smallest absolute Gasteiger partial charge is 0.218 e. The van der Waals surface area contributed by atoms with Gasteiger partial charge in [0.15, 0.2) is 0 Å². The van der Waals surface area contributed by atoms with Crippen molar-refractivity contribution in [2.45, 2.75) is 43.8 Å². The lowest BCUT2D eigenvalue weighted by atomic mass is 9.88. The monoisotopic (exact) mass is 281 g/mol. The lowest BCUT2D eigenvalue weighted by Crippen LogP contribution is -2.35. The van der Waals surface area contributed by atoms with Gasteiger partial charge in [-0.05, 0) is 26.0 Å². The molecule has 1 heterocycles. The lowest BCUT2D eigenvalue weighted by Gasteiger charge is -2.36. The van der Waals surface area contributed by atoms with Gasteiger partial charge < -0.3 is 10.1 Å². The molecular formula is C14H23N3OS. The molecule has 5 heteroatoms. The van der Waals surface area contributed by atoms with Crippen LogP contribution in [0, 0.1) is 6.92 Å². The van der Waals surface area contributed by atoms with E-state index in [4.69, 9.17) is 4.74 Å². The van der Waals surface area contributed by atoms with E-state index in [-0.39, 0.29) is 0 Å². The molecule has 1 aromatic heterocycles. The van der Waals surface area contributed by atoms with E-state index < -0.39 is 0 Å². The topological polar surface area (TPSA) is 47.0 Å². The van der Waals surface area contributed by atoms with Crippen LogP contribution in [0.15, 0.2) is 6.07 Å². The Balaban J connectivity index is 2.02. The van der Waals surface area contributed by atoms with E-state index in [1.165, 1.54) is 32.1 Å². The van der Waals surface area contributed by atoms with Crippen molar-refractivity contribution in [2.75, 3.05) is 25.2 Å². The zero-order chi connectivity index (χ0) is 13.7. The number of ether oxygens (including phenoxy) is 1. The van der Waals surface area contributed by atoms with Gasteiger partial charge in [-0.1, -0.05) is 19.3 Å². The summed E-state index contributed by atoms with van der Waals surface area (Å²) < 4.78 is 5.55. The van der Waals surface area contributed by atoms with Gasteiger partial charge in [0.2, 0.25) is 5.88 Å². The van der Waals surface area contributed by atoms with E-state index in [2.05, 4.69) is 21.5 Å². The summed E-state index contributed by atoms with van der Waals surface area (Å²) in [5, 5.41) is 3.47. The van der Waals surface area contributed by atoms with Crippen LogP contribution in [0.1, 0.15) is 37.9 Å². The summed E-state index contributed by atoms with van der Waals surface area (Å²) in [4.78, 5) is 8.63. The Labute approximate surface area is 119 Å². The number of anilines is 1. The van der Waals surface area contributed by atoms with Crippen LogP contribution in [0.25, 0.3) is 0 Å². The number of hydrogen-bond donors (Lipinski definition) is 1. The largest absolute Gasteiger partial charge is 0.481 e. The average Bonchev–Trinajstić information content (AvgIpc) is 2.45. The second-order valence-corrected chi connectivity index (χ2v) is 6.42. The molecule has 19 heavy (non-hydrogen) atoms. The first kappa shape index (κ1) is 14.4. The molecular weight excluding hydrogens is 258 g/mol. The van der Waals surface area contributed by atoms with Crippen LogP contribution < -0.4 is 10.1 Å². The van der Waals surface area contributed by atoms with E-state index in [0.717, 1.165) is 18.2 Å². The molecule has 0 saturated heterocycles. The highest BCUT2D eigenvalue weighted by atomic mass is 32.2. The van der Waals surface area contributed by atoms with E-state index in [1.54, 1.807) is 7.11 Å². The minimum atomic E-state index is 0.365. The molecule has 1 N–H and O–H groups in total. The third-order valence-electron chi connectivity index (χ3n) is 3.81. The molecule has 0 bridgehead atoms. The molecule has 1 aliphatic carbocycles. The van der Waals surface area contributed by atoms with Gasteiger partial charge in [0.05, 0.1) is 7.11 Å². The average molecular weight is 281 g/mol. The van der Waals surface area contributed by atoms with Gasteiger partial charge in [0.25, 0.3) is 0 Å². The number of thioether (sulfide) groups is 1. The van der Waals surface area contributed by atoms with Gasteiger partial charge in [-0.2, -0.15) is 16.7 Å². The minimum absolute atomic E-state index is 0.365. The van der Waals surface area contributed by atoms with Gasteiger partial charge in [0.1, 0.15) is 11.6 Å². The summed E-state index contributed by atoms with van der Waals surface area (Å²) >= 11 is 1.99. The summed E-state index contributed by atoms with van der Waals surface area (Å²) in [5.74, 6) is 2.23. The maximum Gasteiger partial charge on any atom is 0.218 e. The Morgan fingerprint density at radius 1 is 1.32 bits per heavy atom. The molecule has 0 spiro atoms. The Kier molecular flexibility index (Phi) is 4.91. The van der Waals surface area contributed by atoms with Gasteiger partial charge in [-0.15, -0.1) is 0 Å². The van der Waals surface area contributed by atoms with Crippen LogP contribution in [-0.2, 0) is 0 Å². The molecule has 0 radical (unpaired) electrons. The molecule has 2 rings (SSSR count). The summed E-state index contributed by atoms with van der Waals surface area (Å²) in [7, 11) is 1.63. The standard InChI is InChI=1S/C14H23N3OS/c1-11-16-12(9-13(17-11)18-2)15-10-14(19-3)7-5-4-6-8-14/h9H,4-8,10H2,1-3H3,(H,15,16,17). The molecule has 4 nitrogen and oxygen atoms in total. The highest BCUT2D eigenvalue weighted by Gasteiger charge is 2.30. The van der Waals surface area contributed by atoms with Crippen LogP contribution >= 0.6 is 11.8 Å². The molecule has 1 fully saturated rings. The first-order chi connectivity index (χ1) is 9.17. The van der Waals surface area contributed by atoms with Crippen LogP contribution in [0.4, 0.5) is 5.82 Å². The van der Waals surface area contributed by atoms with Gasteiger partial charge in [-0.3, -0.25) is 0 Å². The first-order valence-electron chi connectivity index (χ1n) is 6.86. The Morgan fingerprint density at radius 2 is 2.05 bits per heavy atom. The SMILES string of the molecule is COc1cc(NCC2(SC)CCCCC2)nc(C)n1. The molecule has 0 aromatic carbocycles. The zero-order valence-electron chi connectivity index (χ0n) is 12.0. The van der Waals surface area contributed by atoms with E-state index in [0.29, 0.717) is 10.6 Å². The van der Waals surface area contributed by atoms with E-state index in [9.17, 15) is 0 Å². The van der Waals surface area contributed by atoms with Crippen LogP contribution in [0.2, 0.25) is 0 Å². The molecule has 106 valence electrons. The van der Waals surface area contributed by atoms with Crippen molar-refractivity contribution < 1.29 is 4.74 Å². The van der Waals surface area contributed by atoms with Crippen molar-refractivity contribution >= 4 is 17.6 Å². The minimum Gasteiger partial charge on any atom is -0.481 e. The van der Waals surface area contributed by atoms with Crippen LogP contribution in [-0.4, -0.2) is 34.6 Å². The summed E-state index contributed by atoms with van der Waals surface area (Å²) in [6, 6.07) is 1.86. The Morgan fingerprint density at radius 3 is 2.68 bits per heavy atom. The molecule has 0 amide bonds. The fraction of sp³-hybridized carbons (Fsp3) is 0.714. The maximum absolute atomic E-state index is 5.18. The Bertz CT molecular complexity index is 419. The number of nitrogens with one attached hydrogen (secondary N) is 1. The summed E-state index contributed by atoms with van der Waals surface area (Å²) in [6.45, 7) is 2.85. The number of aryl methyl sites for hydroxylation is 1. The lowest BCUT2D eigenvalue weighted by molar-refractivity contribution is 0.395. The summed E-state index contributed by atoms with van der Waals surface area (Å²) in [6.07, 6.45) is 8.87. The van der Waals surface area contributed by atoms with Crippen molar-refractivity contribution in [3.63, 3.8) is 0 Å². The molecule has 1 aliphatic rings. The number of hydrogen-bond acceptors (Lipinski definition) is 5. The maximum atomic E-state index is 5.18. The van der Waals surface area contributed by atoms with Gasteiger partial charge in [0, 0.05) is 17.4 Å². The zero-order valence-corrected chi connectivity index (χ0v) is 12.8. The number of aromatic nitrogens is 2. The molecule has 1 aromatic rings. The first-order valence-corrected chi connectivity index (χ1v) is 8.09. The molecule has 0 unspecified atom stereocenters. The highest BCUT2D eigenvalue weighted by Crippen LogP contribution is 2.38. The molecule has 1 saturated carbocycles. The van der Waals surface area contributed by atoms with Gasteiger partial charge >= 0.3 is 0 Å². The third kappa shape index (κ3) is 3.75. The van der Waals surface area contributed by atoms with Crippen molar-refractivity contribution in [3.05, 3.63) is 11.9 Å². The van der Waals surface area contributed by atoms with Gasteiger partial charge in [-0.25, -0.2) is 4.98 Å². The van der Waals surface area contributed by atoms with E-state index >= 15 is 0 Å². The van der Waals surface area contributed by atoms with E-state index in [1.807, 2.05) is 24.8 Å². The normalized spacial score (nSPS) is 18.1. The number of methoxy groups -OCH3 is 1. The second-order valence-electron chi connectivity index (χ2n) is 5.14. The predicted molar refractivity (Wildman–Crippen MR) is 81.1 cm³/mol. The van der Waals surface area contributed by atoms with Crippen molar-refractivity contribution in [2.24, 2.45) is 0 Å². The quantitative estimate of drug-likeness (QED) is 0.897. The number of rotatable bonds is 5. The molecule has 0 atom stereocenters. The fourth-order valence-electron chi connectivity index (χ4n) is 2.64. The van der Waals surface area contributed by atoms with Crippen molar-refractivity contribution in [1.82, 2.24) is 9.97 Å². The molecule has 0 aliphatic heterocycles. The second kappa shape index (κ2) is 6.46. The fourth-order valence-corrected chi connectivity index (χ4v) is 3.55. The summed E-state index contributed by atoms with van der Waals surface area (Å²) in [5.41, 5.74) is 0. The van der Waals surface area contributed by atoms with Crippen molar-refractivity contribution in [3.8, 4) is 5.88 Å². The Hall–Kier alpha value is -0.970. The highest BCUT2D eigenvalue weighted by molar-refractivity contribution is 8.00. The predicted octanol–water partition coefficient (Wildman–Crippen LogP) is 3.27. The third-order valence-corrected chi connectivity index (χ3v) is 5.23. The van der Waals surface area contributed by atoms with Crippen LogP contribution in [0.5, 0.6) is 5.88 Å². The number of nitrogens with zero attached hydrogens (tertiary/aromatic N) is 2. The van der Waals surface area contributed by atoms with Crippen LogP contribution in [0.3, 0.4) is 0 Å². The van der Waals surface area contributed by atoms with Crippen molar-refractivity contribution in [1.29, 1.82) is 0 Å².